The Labute approximate surface area is 113 Å². The van der Waals surface area contributed by atoms with Gasteiger partial charge in [-0.15, -0.1) is 0 Å². The quantitative estimate of drug-likeness (QED) is 0.845. The molecule has 1 amide bonds. The molecule has 0 radical (unpaired) electrons. The van der Waals surface area contributed by atoms with Crippen molar-refractivity contribution < 1.29 is 14.7 Å². The molecular weight excluding hydrogens is 246 g/mol. The SMILES string of the molecule is Cc1c(C(=O)N(C)CC(=O)O)cnn1CCC(C)C. The van der Waals surface area contributed by atoms with Gasteiger partial charge >= 0.3 is 5.97 Å². The molecule has 0 saturated heterocycles. The Kier molecular flexibility index (Phi) is 5.09. The number of carbonyl (C=O) groups is 2. The maximum Gasteiger partial charge on any atom is 0.323 e. The van der Waals surface area contributed by atoms with Crippen molar-refractivity contribution in [2.45, 2.75) is 33.7 Å². The fraction of sp³-hybridized carbons (Fsp3) is 0.615. The molecule has 1 heterocycles. The topological polar surface area (TPSA) is 75.4 Å². The molecule has 6 nitrogen and oxygen atoms in total. The predicted molar refractivity (Wildman–Crippen MR) is 71.0 cm³/mol. The highest BCUT2D eigenvalue weighted by atomic mass is 16.4. The molecule has 1 N–H and O–H groups in total. The first-order valence-corrected chi connectivity index (χ1v) is 6.32. The van der Waals surface area contributed by atoms with Gasteiger partial charge in [0.15, 0.2) is 0 Å². The normalized spacial score (nSPS) is 10.8. The monoisotopic (exact) mass is 267 g/mol. The second-order valence-corrected chi connectivity index (χ2v) is 5.10. The van der Waals surface area contributed by atoms with E-state index in [0.717, 1.165) is 18.7 Å². The number of carboxylic acids is 1. The molecule has 1 aromatic rings. The summed E-state index contributed by atoms with van der Waals surface area (Å²) in [6.45, 7) is 6.54. The minimum absolute atomic E-state index is 0.310. The summed E-state index contributed by atoms with van der Waals surface area (Å²) in [7, 11) is 1.47. The van der Waals surface area contributed by atoms with Crippen molar-refractivity contribution in [1.29, 1.82) is 0 Å². The lowest BCUT2D eigenvalue weighted by Gasteiger charge is -2.14. The summed E-state index contributed by atoms with van der Waals surface area (Å²) >= 11 is 0. The molecule has 0 atom stereocenters. The smallest absolute Gasteiger partial charge is 0.323 e. The lowest BCUT2D eigenvalue weighted by molar-refractivity contribution is -0.137. The van der Waals surface area contributed by atoms with E-state index in [9.17, 15) is 9.59 Å². The van der Waals surface area contributed by atoms with E-state index in [1.807, 2.05) is 6.92 Å². The van der Waals surface area contributed by atoms with E-state index in [4.69, 9.17) is 5.11 Å². The summed E-state index contributed by atoms with van der Waals surface area (Å²) in [5, 5.41) is 12.9. The second kappa shape index (κ2) is 6.36. The number of hydrogen-bond acceptors (Lipinski definition) is 3. The number of likely N-dealkylation sites (N-methyl/N-ethyl adjacent to an activating group) is 1. The molecule has 106 valence electrons. The molecule has 0 bridgehead atoms. The third kappa shape index (κ3) is 4.08. The van der Waals surface area contributed by atoms with Crippen molar-refractivity contribution >= 4 is 11.9 Å². The maximum absolute atomic E-state index is 12.1. The fourth-order valence-electron chi connectivity index (χ4n) is 1.74. The van der Waals surface area contributed by atoms with Crippen molar-refractivity contribution in [1.82, 2.24) is 14.7 Å². The summed E-state index contributed by atoms with van der Waals surface area (Å²) in [5.41, 5.74) is 1.25. The first kappa shape index (κ1) is 15.2. The number of carbonyl (C=O) groups excluding carboxylic acids is 1. The Morgan fingerprint density at radius 3 is 2.63 bits per heavy atom. The zero-order valence-corrected chi connectivity index (χ0v) is 11.9. The zero-order valence-electron chi connectivity index (χ0n) is 11.9. The molecule has 1 rings (SSSR count). The average molecular weight is 267 g/mol. The number of amides is 1. The molecule has 6 heteroatoms. The minimum Gasteiger partial charge on any atom is -0.480 e. The standard InChI is InChI=1S/C13H21N3O3/c1-9(2)5-6-16-10(3)11(7-14-16)13(19)15(4)8-12(17)18/h7,9H,5-6,8H2,1-4H3,(H,17,18). The van der Waals surface area contributed by atoms with E-state index in [2.05, 4.69) is 18.9 Å². The van der Waals surface area contributed by atoms with Gasteiger partial charge in [-0.3, -0.25) is 14.3 Å². The van der Waals surface area contributed by atoms with Gasteiger partial charge in [0.2, 0.25) is 0 Å². The summed E-state index contributed by atoms with van der Waals surface area (Å²) < 4.78 is 1.79. The van der Waals surface area contributed by atoms with Crippen LogP contribution in [0.2, 0.25) is 0 Å². The first-order chi connectivity index (χ1) is 8.82. The number of carboxylic acid groups (broad SMARTS) is 1. The highest BCUT2D eigenvalue weighted by Gasteiger charge is 2.19. The van der Waals surface area contributed by atoms with Gasteiger partial charge in [-0.25, -0.2) is 0 Å². The number of aryl methyl sites for hydroxylation is 1. The number of aliphatic carboxylic acids is 1. The number of hydrogen-bond donors (Lipinski definition) is 1. The number of nitrogens with zero attached hydrogens (tertiary/aromatic N) is 3. The fourth-order valence-corrected chi connectivity index (χ4v) is 1.74. The van der Waals surface area contributed by atoms with Crippen LogP contribution < -0.4 is 0 Å². The third-order valence-electron chi connectivity index (χ3n) is 2.97. The molecule has 1 aromatic heterocycles. The lowest BCUT2D eigenvalue weighted by Crippen LogP contribution is -2.32. The summed E-state index contributed by atoms with van der Waals surface area (Å²) in [6.07, 6.45) is 2.50. The van der Waals surface area contributed by atoms with Crippen molar-refractivity contribution in [2.75, 3.05) is 13.6 Å². The van der Waals surface area contributed by atoms with Gasteiger partial charge in [-0.1, -0.05) is 13.8 Å². The van der Waals surface area contributed by atoms with Gasteiger partial charge in [0, 0.05) is 19.3 Å². The van der Waals surface area contributed by atoms with Crippen LogP contribution in [0.15, 0.2) is 6.20 Å². The second-order valence-electron chi connectivity index (χ2n) is 5.10. The zero-order chi connectivity index (χ0) is 14.6. The van der Waals surface area contributed by atoms with E-state index in [1.165, 1.54) is 18.1 Å². The third-order valence-corrected chi connectivity index (χ3v) is 2.97. The molecule has 0 aromatic carbocycles. The van der Waals surface area contributed by atoms with Crippen LogP contribution in [0.1, 0.15) is 36.3 Å². The maximum atomic E-state index is 12.1. The highest BCUT2D eigenvalue weighted by Crippen LogP contribution is 2.12. The van der Waals surface area contributed by atoms with Gasteiger partial charge in [-0.2, -0.15) is 5.10 Å². The predicted octanol–water partition coefficient (Wildman–Crippen LogP) is 1.39. The molecule has 0 aliphatic heterocycles. The van der Waals surface area contributed by atoms with Crippen molar-refractivity contribution in [3.63, 3.8) is 0 Å². The Balaban J connectivity index is 2.79. The average Bonchev–Trinajstić information content (AvgIpc) is 2.66. The highest BCUT2D eigenvalue weighted by molar-refractivity contribution is 5.96. The summed E-state index contributed by atoms with van der Waals surface area (Å²) in [4.78, 5) is 23.8. The molecule has 0 aliphatic carbocycles. The molecular formula is C13H21N3O3. The van der Waals surface area contributed by atoms with Crippen molar-refractivity contribution in [3.05, 3.63) is 17.5 Å². The molecule has 0 unspecified atom stereocenters. The van der Waals surface area contributed by atoms with Crippen LogP contribution in [0.3, 0.4) is 0 Å². The van der Waals surface area contributed by atoms with Crippen LogP contribution in [0.5, 0.6) is 0 Å². The Morgan fingerprint density at radius 1 is 1.47 bits per heavy atom. The molecule has 0 aliphatic rings. The molecule has 0 spiro atoms. The van der Waals surface area contributed by atoms with Gasteiger partial charge in [0.05, 0.1) is 11.8 Å². The van der Waals surface area contributed by atoms with E-state index in [1.54, 1.807) is 4.68 Å². The minimum atomic E-state index is -1.03. The molecule has 0 fully saturated rings. The summed E-state index contributed by atoms with van der Waals surface area (Å²) in [6, 6.07) is 0. The van der Waals surface area contributed by atoms with Crippen LogP contribution in [0.4, 0.5) is 0 Å². The van der Waals surface area contributed by atoms with Gasteiger partial charge in [0.25, 0.3) is 5.91 Å². The van der Waals surface area contributed by atoms with Crippen molar-refractivity contribution in [2.24, 2.45) is 5.92 Å². The first-order valence-electron chi connectivity index (χ1n) is 6.32. The van der Waals surface area contributed by atoms with Crippen LogP contribution in [-0.4, -0.2) is 45.3 Å². The van der Waals surface area contributed by atoms with Crippen molar-refractivity contribution in [3.8, 4) is 0 Å². The van der Waals surface area contributed by atoms with Gasteiger partial charge in [0.1, 0.15) is 6.54 Å². The largest absolute Gasteiger partial charge is 0.480 e. The lowest BCUT2D eigenvalue weighted by atomic mass is 10.1. The summed E-state index contributed by atoms with van der Waals surface area (Å²) in [5.74, 6) is -0.770. The Hall–Kier alpha value is -1.85. The Morgan fingerprint density at radius 2 is 2.11 bits per heavy atom. The van der Waals surface area contributed by atoms with Crippen LogP contribution >= 0.6 is 0 Å². The van der Waals surface area contributed by atoms with E-state index in [-0.39, 0.29) is 12.5 Å². The van der Waals surface area contributed by atoms with Crippen LogP contribution in [0, 0.1) is 12.8 Å². The van der Waals surface area contributed by atoms with Crippen LogP contribution in [-0.2, 0) is 11.3 Å². The van der Waals surface area contributed by atoms with E-state index < -0.39 is 5.97 Å². The molecule has 0 saturated carbocycles. The number of rotatable bonds is 6. The molecule has 19 heavy (non-hydrogen) atoms. The Bertz CT molecular complexity index is 466. The number of aromatic nitrogens is 2. The van der Waals surface area contributed by atoms with E-state index in [0.29, 0.717) is 11.5 Å². The van der Waals surface area contributed by atoms with E-state index >= 15 is 0 Å². The van der Waals surface area contributed by atoms with Gasteiger partial charge in [-0.05, 0) is 19.3 Å². The van der Waals surface area contributed by atoms with Crippen LogP contribution in [0.25, 0.3) is 0 Å². The van der Waals surface area contributed by atoms with Gasteiger partial charge < -0.3 is 10.0 Å².